The summed E-state index contributed by atoms with van der Waals surface area (Å²) in [7, 11) is 1.50. The number of hydrogen-bond donors (Lipinski definition) is 1. The Morgan fingerprint density at radius 2 is 1.96 bits per heavy atom. The summed E-state index contributed by atoms with van der Waals surface area (Å²) < 4.78 is 11.5. The van der Waals surface area contributed by atoms with E-state index in [1.54, 1.807) is 37.3 Å². The Morgan fingerprint density at radius 1 is 1.22 bits per heavy atom. The van der Waals surface area contributed by atoms with Gasteiger partial charge in [-0.1, -0.05) is 11.6 Å². The third kappa shape index (κ3) is 3.59. The van der Waals surface area contributed by atoms with E-state index in [1.807, 2.05) is 0 Å². The first kappa shape index (κ1) is 18.7. The van der Waals surface area contributed by atoms with E-state index < -0.39 is 17.7 Å². The minimum atomic E-state index is -0.845. The molecule has 1 unspecified atom stereocenters. The number of oxazole rings is 1. The maximum absolute atomic E-state index is 12.6. The van der Waals surface area contributed by atoms with E-state index in [9.17, 15) is 14.4 Å². The topological polar surface area (TPSA) is 90.5 Å². The molecule has 7 nitrogen and oxygen atoms in total. The quantitative estimate of drug-likeness (QED) is 0.673. The molecule has 1 atom stereocenters. The summed E-state index contributed by atoms with van der Waals surface area (Å²) in [5, 5.41) is 3.06. The molecular formula is C19H17ClN2O5. The van der Waals surface area contributed by atoms with Crippen molar-refractivity contribution in [2.24, 2.45) is 0 Å². The summed E-state index contributed by atoms with van der Waals surface area (Å²) in [6.07, 6.45) is 0. The fourth-order valence-electron chi connectivity index (χ4n) is 2.73. The van der Waals surface area contributed by atoms with Crippen LogP contribution in [-0.2, 0) is 4.79 Å². The van der Waals surface area contributed by atoms with Gasteiger partial charge in [-0.15, -0.1) is 0 Å². The van der Waals surface area contributed by atoms with Crippen LogP contribution in [0, 0.1) is 0 Å². The summed E-state index contributed by atoms with van der Waals surface area (Å²) in [4.78, 5) is 36.3. The number of amides is 1. The van der Waals surface area contributed by atoms with Crippen molar-refractivity contribution in [1.82, 2.24) is 4.57 Å². The van der Waals surface area contributed by atoms with Crippen LogP contribution in [0.2, 0.25) is 5.02 Å². The Kier molecular flexibility index (Phi) is 5.05. The number of methoxy groups -OCH3 is 1. The number of aromatic nitrogens is 1. The minimum absolute atomic E-state index is 0.144. The number of hydrogen-bond acceptors (Lipinski definition) is 5. The third-order valence-electron chi connectivity index (χ3n) is 4.21. The summed E-state index contributed by atoms with van der Waals surface area (Å²) in [5.41, 5.74) is 1.57. The molecule has 0 fully saturated rings. The van der Waals surface area contributed by atoms with Crippen molar-refractivity contribution in [2.45, 2.75) is 19.9 Å². The van der Waals surface area contributed by atoms with Crippen LogP contribution in [0.5, 0.6) is 5.75 Å². The highest BCUT2D eigenvalue weighted by atomic mass is 35.5. The number of carbonyl (C=O) groups excluding carboxylic acids is 2. The maximum Gasteiger partial charge on any atom is 0.420 e. The Morgan fingerprint density at radius 3 is 2.59 bits per heavy atom. The first-order chi connectivity index (χ1) is 12.8. The summed E-state index contributed by atoms with van der Waals surface area (Å²) in [6.45, 7) is 3.00. The number of anilines is 1. The first-order valence-electron chi connectivity index (χ1n) is 8.12. The second-order valence-corrected chi connectivity index (χ2v) is 6.40. The molecule has 0 radical (unpaired) electrons. The minimum Gasteiger partial charge on any atom is -0.495 e. The Balaban J connectivity index is 1.91. The van der Waals surface area contributed by atoms with E-state index in [0.29, 0.717) is 27.5 Å². The van der Waals surface area contributed by atoms with Gasteiger partial charge in [-0.05, 0) is 50.2 Å². The highest BCUT2D eigenvalue weighted by Gasteiger charge is 2.22. The number of benzene rings is 2. The van der Waals surface area contributed by atoms with Gasteiger partial charge in [-0.3, -0.25) is 14.2 Å². The molecule has 3 rings (SSSR count). The number of nitrogens with one attached hydrogen (secondary N) is 1. The number of halogens is 1. The van der Waals surface area contributed by atoms with Crippen molar-refractivity contribution in [3.05, 3.63) is 57.5 Å². The van der Waals surface area contributed by atoms with E-state index in [4.69, 9.17) is 20.8 Å². The van der Waals surface area contributed by atoms with E-state index >= 15 is 0 Å². The zero-order valence-corrected chi connectivity index (χ0v) is 15.7. The predicted molar refractivity (Wildman–Crippen MR) is 102 cm³/mol. The molecule has 0 saturated carbocycles. The number of fused-ring (bicyclic) bond motifs is 1. The van der Waals surface area contributed by atoms with Gasteiger partial charge >= 0.3 is 5.76 Å². The molecule has 1 aromatic heterocycles. The zero-order valence-electron chi connectivity index (χ0n) is 14.9. The van der Waals surface area contributed by atoms with Crippen molar-refractivity contribution in [2.75, 3.05) is 12.4 Å². The number of carbonyl (C=O) groups is 2. The van der Waals surface area contributed by atoms with Crippen molar-refractivity contribution in [3.8, 4) is 5.75 Å². The van der Waals surface area contributed by atoms with Crippen molar-refractivity contribution in [3.63, 3.8) is 0 Å². The fourth-order valence-corrected chi connectivity index (χ4v) is 2.99. The predicted octanol–water partition coefficient (Wildman–Crippen LogP) is 3.66. The van der Waals surface area contributed by atoms with Crippen molar-refractivity contribution < 1.29 is 18.7 Å². The van der Waals surface area contributed by atoms with Gasteiger partial charge < -0.3 is 14.5 Å². The Bertz CT molecular complexity index is 1100. The monoisotopic (exact) mass is 388 g/mol. The molecule has 2 aromatic carbocycles. The van der Waals surface area contributed by atoms with E-state index in [0.717, 1.165) is 0 Å². The van der Waals surface area contributed by atoms with Gasteiger partial charge in [0.25, 0.3) is 0 Å². The lowest BCUT2D eigenvalue weighted by Gasteiger charge is -2.14. The molecule has 140 valence electrons. The Hall–Kier alpha value is -3.06. The SMILES string of the molecule is COc1ccc(NC(=O)C(C)n2c(=O)oc3cc(C(C)=O)ccc32)cc1Cl. The van der Waals surface area contributed by atoms with Gasteiger partial charge in [-0.2, -0.15) is 0 Å². The van der Waals surface area contributed by atoms with Gasteiger partial charge in [0.1, 0.15) is 11.8 Å². The van der Waals surface area contributed by atoms with Crippen molar-refractivity contribution >= 4 is 40.1 Å². The van der Waals surface area contributed by atoms with E-state index in [-0.39, 0.29) is 11.4 Å². The van der Waals surface area contributed by atoms with Gasteiger partial charge in [0, 0.05) is 11.3 Å². The fraction of sp³-hybridized carbons (Fsp3) is 0.211. The molecule has 27 heavy (non-hydrogen) atoms. The van der Waals surface area contributed by atoms with Crippen LogP contribution in [0.4, 0.5) is 5.69 Å². The number of ether oxygens (including phenoxy) is 1. The van der Waals surface area contributed by atoms with Crippen LogP contribution in [0.1, 0.15) is 30.2 Å². The molecule has 8 heteroatoms. The molecule has 1 N–H and O–H groups in total. The first-order valence-corrected chi connectivity index (χ1v) is 8.50. The van der Waals surface area contributed by atoms with Crippen molar-refractivity contribution in [1.29, 1.82) is 0 Å². The molecule has 0 spiro atoms. The van der Waals surface area contributed by atoms with Gasteiger partial charge in [-0.25, -0.2) is 4.79 Å². The normalized spacial score (nSPS) is 12.0. The number of nitrogens with zero attached hydrogens (tertiary/aromatic N) is 1. The van der Waals surface area contributed by atoms with Crippen LogP contribution in [0.25, 0.3) is 11.1 Å². The van der Waals surface area contributed by atoms with Gasteiger partial charge in [0.05, 0.1) is 17.6 Å². The van der Waals surface area contributed by atoms with Crippen LogP contribution in [0.3, 0.4) is 0 Å². The van der Waals surface area contributed by atoms with Crippen LogP contribution in [-0.4, -0.2) is 23.4 Å². The molecule has 0 saturated heterocycles. The Labute approximate surface area is 159 Å². The smallest absolute Gasteiger partial charge is 0.420 e. The second kappa shape index (κ2) is 7.28. The lowest BCUT2D eigenvalue weighted by molar-refractivity contribution is -0.118. The van der Waals surface area contributed by atoms with Crippen LogP contribution in [0.15, 0.2) is 45.6 Å². The van der Waals surface area contributed by atoms with E-state index in [2.05, 4.69) is 5.32 Å². The molecule has 0 aliphatic heterocycles. The average Bonchev–Trinajstić information content (AvgIpc) is 2.95. The highest BCUT2D eigenvalue weighted by molar-refractivity contribution is 6.32. The average molecular weight is 389 g/mol. The highest BCUT2D eigenvalue weighted by Crippen LogP contribution is 2.28. The summed E-state index contributed by atoms with van der Waals surface area (Å²) >= 11 is 6.06. The summed E-state index contributed by atoms with van der Waals surface area (Å²) in [5.74, 6) is -0.756. The number of ketones is 1. The third-order valence-corrected chi connectivity index (χ3v) is 4.50. The molecule has 0 aliphatic carbocycles. The van der Waals surface area contributed by atoms with Crippen LogP contribution < -0.4 is 15.8 Å². The molecule has 0 aliphatic rings. The molecule has 1 heterocycles. The lowest BCUT2D eigenvalue weighted by Crippen LogP contribution is -2.29. The standard InChI is InChI=1S/C19H17ClN2O5/c1-10(18(24)21-13-5-7-16(26-3)14(20)9-13)22-15-6-4-12(11(2)23)8-17(15)27-19(22)25/h4-10H,1-3H3,(H,21,24). The van der Waals surface area contributed by atoms with E-state index in [1.165, 1.54) is 24.7 Å². The lowest BCUT2D eigenvalue weighted by atomic mass is 10.1. The molecule has 1 amide bonds. The zero-order chi connectivity index (χ0) is 19.7. The number of Topliss-reactive ketones (excluding diaryl/α,β-unsaturated/α-hetero) is 1. The number of rotatable bonds is 5. The largest absolute Gasteiger partial charge is 0.495 e. The second-order valence-electron chi connectivity index (χ2n) is 5.99. The molecule has 0 bridgehead atoms. The molecular weight excluding hydrogens is 372 g/mol. The van der Waals surface area contributed by atoms with Gasteiger partial charge in [0.2, 0.25) is 5.91 Å². The molecule has 3 aromatic rings. The summed E-state index contributed by atoms with van der Waals surface area (Å²) in [6, 6.07) is 8.65. The maximum atomic E-state index is 12.6. The van der Waals surface area contributed by atoms with Crippen LogP contribution >= 0.6 is 11.6 Å². The van der Waals surface area contributed by atoms with Gasteiger partial charge in [0.15, 0.2) is 11.4 Å².